The second-order valence-corrected chi connectivity index (χ2v) is 4.25. The van der Waals surface area contributed by atoms with E-state index in [1.807, 2.05) is 0 Å². The zero-order valence-corrected chi connectivity index (χ0v) is 8.62. The summed E-state index contributed by atoms with van der Waals surface area (Å²) in [5, 5.41) is 12.6. The maximum absolute atomic E-state index is 12.4. The first-order valence-corrected chi connectivity index (χ1v) is 4.81. The third kappa shape index (κ3) is 1.69. The Labute approximate surface area is 89.9 Å². The summed E-state index contributed by atoms with van der Waals surface area (Å²) >= 11 is 0. The largest absolute Gasteiger partial charge is 0.435 e. The van der Waals surface area contributed by atoms with E-state index in [4.69, 9.17) is 5.73 Å². The number of nitrogens with two attached hydrogens (primary N) is 1. The number of nitrogens with zero attached hydrogens (tertiary/aromatic N) is 2. The monoisotopic (exact) mass is 235 g/mol. The highest BCUT2D eigenvalue weighted by atomic mass is 19.4. The van der Waals surface area contributed by atoms with E-state index >= 15 is 0 Å². The van der Waals surface area contributed by atoms with Crippen molar-refractivity contribution in [2.45, 2.75) is 30.7 Å². The molecule has 0 radical (unpaired) electrons. The highest BCUT2D eigenvalue weighted by molar-refractivity contribution is 5.24. The second kappa shape index (κ2) is 3.21. The van der Waals surface area contributed by atoms with Crippen molar-refractivity contribution in [3.05, 3.63) is 17.5 Å². The summed E-state index contributed by atoms with van der Waals surface area (Å²) in [5.41, 5.74) is 4.36. The van der Waals surface area contributed by atoms with Gasteiger partial charge in [-0.15, -0.1) is 0 Å². The van der Waals surface area contributed by atoms with Gasteiger partial charge in [0, 0.05) is 7.05 Å². The Morgan fingerprint density at radius 2 is 2.12 bits per heavy atom. The van der Waals surface area contributed by atoms with Gasteiger partial charge < -0.3 is 10.8 Å². The molecule has 16 heavy (non-hydrogen) atoms. The number of hydrogen-bond acceptors (Lipinski definition) is 3. The second-order valence-electron chi connectivity index (χ2n) is 4.25. The Bertz CT molecular complexity index is 407. The summed E-state index contributed by atoms with van der Waals surface area (Å²) in [5.74, 6) is 0. The van der Waals surface area contributed by atoms with Crippen LogP contribution in [0.5, 0.6) is 0 Å². The SMILES string of the molecule is Cn1nc(C(F)(F)F)cc1C1(N)CC(O)C1. The fourth-order valence-electron chi connectivity index (χ4n) is 2.06. The van der Waals surface area contributed by atoms with Crippen molar-refractivity contribution in [3.63, 3.8) is 0 Å². The topological polar surface area (TPSA) is 64.1 Å². The average molecular weight is 235 g/mol. The van der Waals surface area contributed by atoms with Gasteiger partial charge in [-0.05, 0) is 18.9 Å². The van der Waals surface area contributed by atoms with Gasteiger partial charge in [0.1, 0.15) is 0 Å². The van der Waals surface area contributed by atoms with Crippen LogP contribution in [0.1, 0.15) is 24.2 Å². The molecule has 1 saturated carbocycles. The molecule has 90 valence electrons. The Morgan fingerprint density at radius 3 is 2.50 bits per heavy atom. The molecule has 0 spiro atoms. The molecule has 1 aromatic rings. The van der Waals surface area contributed by atoms with Crippen molar-refractivity contribution >= 4 is 0 Å². The van der Waals surface area contributed by atoms with Gasteiger partial charge in [-0.25, -0.2) is 0 Å². The normalized spacial score (nSPS) is 30.2. The van der Waals surface area contributed by atoms with Crippen LogP contribution in [0.25, 0.3) is 0 Å². The van der Waals surface area contributed by atoms with Gasteiger partial charge in [-0.2, -0.15) is 18.3 Å². The molecule has 0 atom stereocenters. The number of aliphatic hydroxyl groups is 1. The predicted molar refractivity (Wildman–Crippen MR) is 49.3 cm³/mol. The molecule has 0 amide bonds. The zero-order chi connectivity index (χ0) is 12.1. The highest BCUT2D eigenvalue weighted by Crippen LogP contribution is 2.40. The van der Waals surface area contributed by atoms with Crippen LogP contribution in [-0.2, 0) is 18.8 Å². The highest BCUT2D eigenvalue weighted by Gasteiger charge is 2.45. The molecule has 1 aromatic heterocycles. The molecule has 2 rings (SSSR count). The molecule has 1 heterocycles. The number of hydrogen-bond donors (Lipinski definition) is 2. The van der Waals surface area contributed by atoms with Gasteiger partial charge >= 0.3 is 6.18 Å². The van der Waals surface area contributed by atoms with Gasteiger partial charge in [0.05, 0.1) is 17.3 Å². The Balaban J connectivity index is 2.33. The lowest BCUT2D eigenvalue weighted by molar-refractivity contribution is -0.141. The van der Waals surface area contributed by atoms with Crippen LogP contribution in [0.3, 0.4) is 0 Å². The first kappa shape index (κ1) is 11.4. The lowest BCUT2D eigenvalue weighted by Crippen LogP contribution is -2.52. The standard InChI is InChI=1S/C9H12F3N3O/c1-15-7(8(13)3-5(16)4-8)2-6(14-15)9(10,11)12/h2,5,16H,3-4,13H2,1H3. The van der Waals surface area contributed by atoms with Crippen LogP contribution in [0.2, 0.25) is 0 Å². The fraction of sp³-hybridized carbons (Fsp3) is 0.667. The van der Waals surface area contributed by atoms with Crippen LogP contribution in [-0.4, -0.2) is 21.0 Å². The lowest BCUT2D eigenvalue weighted by Gasteiger charge is -2.42. The van der Waals surface area contributed by atoms with E-state index in [0.717, 1.165) is 10.7 Å². The Morgan fingerprint density at radius 1 is 1.56 bits per heavy atom. The molecular formula is C9H12F3N3O. The average Bonchev–Trinajstić information content (AvgIpc) is 2.44. The van der Waals surface area contributed by atoms with Crippen LogP contribution >= 0.6 is 0 Å². The van der Waals surface area contributed by atoms with Crippen molar-refractivity contribution in [1.29, 1.82) is 0 Å². The Kier molecular flexibility index (Phi) is 2.29. The minimum absolute atomic E-state index is 0.268. The summed E-state index contributed by atoms with van der Waals surface area (Å²) in [6.45, 7) is 0. The fourth-order valence-corrected chi connectivity index (χ4v) is 2.06. The molecular weight excluding hydrogens is 223 g/mol. The van der Waals surface area contributed by atoms with E-state index in [-0.39, 0.29) is 12.8 Å². The number of rotatable bonds is 1. The van der Waals surface area contributed by atoms with E-state index in [0.29, 0.717) is 5.69 Å². The van der Waals surface area contributed by atoms with E-state index < -0.39 is 23.5 Å². The third-order valence-corrected chi connectivity index (χ3v) is 2.88. The molecule has 1 aliphatic rings. The molecule has 4 nitrogen and oxygen atoms in total. The minimum atomic E-state index is -4.46. The van der Waals surface area contributed by atoms with Crippen LogP contribution < -0.4 is 5.73 Å². The summed E-state index contributed by atoms with van der Waals surface area (Å²) in [6.07, 6.45) is -4.46. The molecule has 0 unspecified atom stereocenters. The summed E-state index contributed by atoms with van der Waals surface area (Å²) in [4.78, 5) is 0. The molecule has 3 N–H and O–H groups in total. The molecule has 1 fully saturated rings. The maximum Gasteiger partial charge on any atom is 0.435 e. The van der Waals surface area contributed by atoms with Crippen molar-refractivity contribution < 1.29 is 18.3 Å². The van der Waals surface area contributed by atoms with Crippen LogP contribution in [0.4, 0.5) is 13.2 Å². The number of alkyl halides is 3. The quantitative estimate of drug-likeness (QED) is 0.754. The van der Waals surface area contributed by atoms with E-state index in [1.54, 1.807) is 0 Å². The molecule has 0 saturated heterocycles. The lowest BCUT2D eigenvalue weighted by atomic mass is 9.73. The van der Waals surface area contributed by atoms with Crippen molar-refractivity contribution in [2.75, 3.05) is 0 Å². The van der Waals surface area contributed by atoms with Crippen LogP contribution in [0, 0.1) is 0 Å². The molecule has 0 bridgehead atoms. The first-order chi connectivity index (χ1) is 7.22. The third-order valence-electron chi connectivity index (χ3n) is 2.88. The van der Waals surface area contributed by atoms with Gasteiger partial charge in [0.15, 0.2) is 5.69 Å². The summed E-state index contributed by atoms with van der Waals surface area (Å²) in [7, 11) is 1.42. The molecule has 0 aromatic carbocycles. The molecule has 0 aliphatic heterocycles. The van der Waals surface area contributed by atoms with Crippen molar-refractivity contribution in [1.82, 2.24) is 9.78 Å². The maximum atomic E-state index is 12.4. The van der Waals surface area contributed by atoms with Gasteiger partial charge in [0.25, 0.3) is 0 Å². The summed E-state index contributed by atoms with van der Waals surface area (Å²) in [6, 6.07) is 0.950. The van der Waals surface area contributed by atoms with E-state index in [1.165, 1.54) is 7.05 Å². The van der Waals surface area contributed by atoms with Gasteiger partial charge in [-0.3, -0.25) is 4.68 Å². The molecule has 7 heteroatoms. The van der Waals surface area contributed by atoms with Gasteiger partial charge in [0.2, 0.25) is 0 Å². The minimum Gasteiger partial charge on any atom is -0.393 e. The van der Waals surface area contributed by atoms with E-state index in [9.17, 15) is 18.3 Å². The number of halogens is 3. The van der Waals surface area contributed by atoms with Crippen LogP contribution in [0.15, 0.2) is 6.07 Å². The summed E-state index contributed by atoms with van der Waals surface area (Å²) < 4.78 is 38.3. The smallest absolute Gasteiger partial charge is 0.393 e. The van der Waals surface area contributed by atoms with Crippen molar-refractivity contribution in [3.8, 4) is 0 Å². The Hall–Kier alpha value is -1.08. The van der Waals surface area contributed by atoms with Crippen molar-refractivity contribution in [2.24, 2.45) is 12.8 Å². The first-order valence-electron chi connectivity index (χ1n) is 4.81. The zero-order valence-electron chi connectivity index (χ0n) is 8.62. The number of aryl methyl sites for hydroxylation is 1. The number of aromatic nitrogens is 2. The van der Waals surface area contributed by atoms with Gasteiger partial charge in [-0.1, -0.05) is 0 Å². The number of aliphatic hydroxyl groups excluding tert-OH is 1. The predicted octanol–water partition coefficient (Wildman–Crippen LogP) is 0.748. The molecule has 1 aliphatic carbocycles. The van der Waals surface area contributed by atoms with E-state index in [2.05, 4.69) is 5.10 Å².